The minimum absolute atomic E-state index is 0.0323. The molecule has 0 unspecified atom stereocenters. The van der Waals surface area contributed by atoms with Gasteiger partial charge in [0.1, 0.15) is 17.0 Å². The molecule has 0 atom stereocenters. The lowest BCUT2D eigenvalue weighted by Crippen LogP contribution is -2.16. The van der Waals surface area contributed by atoms with E-state index >= 15 is 0 Å². The summed E-state index contributed by atoms with van der Waals surface area (Å²) in [5.74, 6) is 0.346. The van der Waals surface area contributed by atoms with Crippen LogP contribution in [0.25, 0.3) is 0 Å². The number of H-pyrrole nitrogens is 1. The van der Waals surface area contributed by atoms with Gasteiger partial charge in [-0.15, -0.1) is 5.10 Å². The van der Waals surface area contributed by atoms with Crippen molar-refractivity contribution in [2.75, 3.05) is 5.73 Å². The van der Waals surface area contributed by atoms with Gasteiger partial charge in [0.05, 0.1) is 6.10 Å². The highest BCUT2D eigenvalue weighted by atomic mass is 32.2. The van der Waals surface area contributed by atoms with Gasteiger partial charge >= 0.3 is 5.69 Å². The molecule has 0 amide bonds. The van der Waals surface area contributed by atoms with Gasteiger partial charge in [-0.25, -0.2) is 14.9 Å². The molecule has 3 N–H and O–H groups in total. The van der Waals surface area contributed by atoms with Crippen LogP contribution in [0.4, 0.5) is 5.69 Å². The average Bonchev–Trinajstić information content (AvgIpc) is 3.19. The molecule has 0 aliphatic heterocycles. The van der Waals surface area contributed by atoms with Crippen LogP contribution in [0, 0.1) is 0 Å². The Morgan fingerprint density at radius 2 is 2.24 bits per heavy atom. The van der Waals surface area contributed by atoms with E-state index in [1.807, 2.05) is 13.8 Å². The zero-order chi connectivity index (χ0) is 15.0. The molecule has 2 aromatic rings. The van der Waals surface area contributed by atoms with E-state index in [-0.39, 0.29) is 17.8 Å². The largest absolute Gasteiger partial charge is 0.473 e. The highest BCUT2D eigenvalue weighted by Gasteiger charge is 2.29. The molecule has 0 spiro atoms. The Hall–Kier alpha value is -2.03. The number of nitrogen functional groups attached to an aromatic ring is 1. The molecule has 2 heterocycles. The van der Waals surface area contributed by atoms with Crippen LogP contribution in [-0.4, -0.2) is 30.8 Å². The molecule has 8 nitrogen and oxygen atoms in total. The number of ether oxygens (including phenoxy) is 1. The van der Waals surface area contributed by atoms with Crippen LogP contribution >= 0.6 is 11.8 Å². The molecule has 3 rings (SSSR count). The summed E-state index contributed by atoms with van der Waals surface area (Å²) >= 11 is 1.24. The maximum absolute atomic E-state index is 11.8. The topological polar surface area (TPSA) is 112 Å². The zero-order valence-electron chi connectivity index (χ0n) is 11.7. The number of nitrogens with two attached hydrogens (primary N) is 1. The van der Waals surface area contributed by atoms with Crippen molar-refractivity contribution >= 4 is 17.4 Å². The molecular weight excluding hydrogens is 292 g/mol. The molecule has 1 aliphatic rings. The second-order valence-corrected chi connectivity index (χ2v) is 6.03. The zero-order valence-corrected chi connectivity index (χ0v) is 12.6. The molecule has 21 heavy (non-hydrogen) atoms. The van der Waals surface area contributed by atoms with Gasteiger partial charge in [0, 0.05) is 6.04 Å². The SMILES string of the molecule is CC(C)Oc1ncnc(Sc2n[nH]c(=O)n2C2CC2)c1N. The number of nitrogens with one attached hydrogen (secondary N) is 1. The normalized spacial score (nSPS) is 14.6. The van der Waals surface area contributed by atoms with Crippen molar-refractivity contribution in [3.05, 3.63) is 16.8 Å². The lowest BCUT2D eigenvalue weighted by Gasteiger charge is -2.12. The van der Waals surface area contributed by atoms with E-state index in [0.717, 1.165) is 12.8 Å². The van der Waals surface area contributed by atoms with E-state index in [0.29, 0.717) is 21.7 Å². The summed E-state index contributed by atoms with van der Waals surface area (Å²) in [7, 11) is 0. The Bertz CT molecular complexity index is 706. The fourth-order valence-corrected chi connectivity index (χ4v) is 2.76. The minimum atomic E-state index is -0.203. The Labute approximate surface area is 125 Å². The average molecular weight is 308 g/mol. The monoisotopic (exact) mass is 308 g/mol. The third-order valence-corrected chi connectivity index (χ3v) is 3.92. The van der Waals surface area contributed by atoms with Crippen LogP contribution in [0.3, 0.4) is 0 Å². The van der Waals surface area contributed by atoms with Crippen molar-refractivity contribution < 1.29 is 4.74 Å². The first kappa shape index (κ1) is 13.9. The summed E-state index contributed by atoms with van der Waals surface area (Å²) < 4.78 is 7.18. The molecule has 0 bridgehead atoms. The first-order valence-electron chi connectivity index (χ1n) is 6.68. The molecule has 2 aromatic heterocycles. The number of aromatic amines is 1. The second kappa shape index (κ2) is 5.40. The van der Waals surface area contributed by atoms with Crippen LogP contribution in [0.15, 0.2) is 21.3 Å². The summed E-state index contributed by atoms with van der Waals surface area (Å²) in [5.41, 5.74) is 6.18. The second-order valence-electron chi connectivity index (χ2n) is 5.08. The lowest BCUT2D eigenvalue weighted by molar-refractivity contribution is 0.233. The fourth-order valence-electron chi connectivity index (χ4n) is 1.87. The van der Waals surface area contributed by atoms with E-state index in [1.165, 1.54) is 18.1 Å². The third kappa shape index (κ3) is 2.87. The van der Waals surface area contributed by atoms with Crippen molar-refractivity contribution in [1.29, 1.82) is 0 Å². The summed E-state index contributed by atoms with van der Waals surface area (Å²) in [6.45, 7) is 3.79. The van der Waals surface area contributed by atoms with Crippen LogP contribution in [0.1, 0.15) is 32.7 Å². The maximum Gasteiger partial charge on any atom is 0.344 e. The smallest absolute Gasteiger partial charge is 0.344 e. The number of nitrogens with zero attached hydrogens (tertiary/aromatic N) is 4. The first-order chi connectivity index (χ1) is 10.1. The first-order valence-corrected chi connectivity index (χ1v) is 7.49. The van der Waals surface area contributed by atoms with Gasteiger partial charge in [0.2, 0.25) is 5.88 Å². The van der Waals surface area contributed by atoms with E-state index in [1.54, 1.807) is 4.57 Å². The van der Waals surface area contributed by atoms with Crippen molar-refractivity contribution in [3.8, 4) is 5.88 Å². The Balaban J connectivity index is 1.90. The summed E-state index contributed by atoms with van der Waals surface area (Å²) in [5, 5.41) is 7.59. The lowest BCUT2D eigenvalue weighted by atomic mass is 10.4. The molecule has 0 radical (unpaired) electrons. The molecule has 1 fully saturated rings. The van der Waals surface area contributed by atoms with Crippen molar-refractivity contribution in [2.45, 2.75) is 49.0 Å². The van der Waals surface area contributed by atoms with E-state index in [4.69, 9.17) is 10.5 Å². The van der Waals surface area contributed by atoms with E-state index in [2.05, 4.69) is 20.2 Å². The van der Waals surface area contributed by atoms with E-state index < -0.39 is 0 Å². The van der Waals surface area contributed by atoms with Gasteiger partial charge in [0.25, 0.3) is 0 Å². The van der Waals surface area contributed by atoms with Gasteiger partial charge in [-0.1, -0.05) is 0 Å². The van der Waals surface area contributed by atoms with Crippen molar-refractivity contribution in [1.82, 2.24) is 24.7 Å². The highest BCUT2D eigenvalue weighted by Crippen LogP contribution is 2.39. The molecule has 1 saturated carbocycles. The summed E-state index contributed by atoms with van der Waals surface area (Å²) in [4.78, 5) is 19.9. The molecule has 1 aliphatic carbocycles. The van der Waals surface area contributed by atoms with Crippen LogP contribution in [0.5, 0.6) is 5.88 Å². The standard InChI is InChI=1S/C12H16N6O2S/c1-6(2)20-9-8(13)10(15-5-14-9)21-12-17-16-11(19)18(12)7-3-4-7/h5-7H,3-4,13H2,1-2H3,(H,16,19). The van der Waals surface area contributed by atoms with Crippen LogP contribution < -0.4 is 16.2 Å². The number of anilines is 1. The molecule has 0 aromatic carbocycles. The number of rotatable bonds is 5. The Kier molecular flexibility index (Phi) is 3.58. The summed E-state index contributed by atoms with van der Waals surface area (Å²) in [6, 6.07) is 0.230. The quantitative estimate of drug-likeness (QED) is 0.798. The van der Waals surface area contributed by atoms with Gasteiger partial charge in [-0.2, -0.15) is 4.98 Å². The Morgan fingerprint density at radius 3 is 2.90 bits per heavy atom. The van der Waals surface area contributed by atoms with Gasteiger partial charge in [0.15, 0.2) is 5.16 Å². The molecule has 9 heteroatoms. The van der Waals surface area contributed by atoms with Gasteiger partial charge in [-0.3, -0.25) is 4.57 Å². The van der Waals surface area contributed by atoms with Gasteiger partial charge < -0.3 is 10.5 Å². The summed E-state index contributed by atoms with van der Waals surface area (Å²) in [6.07, 6.45) is 3.35. The van der Waals surface area contributed by atoms with Crippen LogP contribution in [0.2, 0.25) is 0 Å². The third-order valence-electron chi connectivity index (χ3n) is 2.93. The minimum Gasteiger partial charge on any atom is -0.473 e. The van der Waals surface area contributed by atoms with Gasteiger partial charge in [-0.05, 0) is 38.5 Å². The Morgan fingerprint density at radius 1 is 1.48 bits per heavy atom. The van der Waals surface area contributed by atoms with E-state index in [9.17, 15) is 4.79 Å². The molecule has 0 saturated heterocycles. The number of aromatic nitrogens is 5. The predicted molar refractivity (Wildman–Crippen MR) is 77.5 cm³/mol. The molecule has 112 valence electrons. The van der Waals surface area contributed by atoms with Crippen molar-refractivity contribution in [3.63, 3.8) is 0 Å². The maximum atomic E-state index is 11.8. The number of hydrogen-bond acceptors (Lipinski definition) is 7. The fraction of sp³-hybridized carbons (Fsp3) is 0.500. The van der Waals surface area contributed by atoms with Crippen LogP contribution in [-0.2, 0) is 0 Å². The predicted octanol–water partition coefficient (Wildman–Crippen LogP) is 1.22. The van der Waals surface area contributed by atoms with Crippen molar-refractivity contribution in [2.24, 2.45) is 0 Å². The molecular formula is C12H16N6O2S. The highest BCUT2D eigenvalue weighted by molar-refractivity contribution is 7.99. The number of hydrogen-bond donors (Lipinski definition) is 2.